The second-order valence-corrected chi connectivity index (χ2v) is 5.59. The summed E-state index contributed by atoms with van der Waals surface area (Å²) < 4.78 is 0. The van der Waals surface area contributed by atoms with E-state index in [9.17, 15) is 14.4 Å². The minimum atomic E-state index is -0.691. The maximum Gasteiger partial charge on any atom is 0.233 e. The molecule has 3 N–H and O–H groups in total. The van der Waals surface area contributed by atoms with Gasteiger partial charge in [-0.1, -0.05) is 24.5 Å². The van der Waals surface area contributed by atoms with Crippen LogP contribution in [0.4, 0.5) is 5.69 Å². The number of carbonyl (C=O) groups excluding carboxylic acids is 3. The summed E-state index contributed by atoms with van der Waals surface area (Å²) in [6.45, 7) is 1.90. The average molecular weight is 288 g/mol. The molecule has 0 spiro atoms. The average Bonchev–Trinajstić information content (AvgIpc) is 2.93. The molecule has 5 heteroatoms. The number of ketones is 1. The van der Waals surface area contributed by atoms with E-state index in [0.717, 1.165) is 31.2 Å². The van der Waals surface area contributed by atoms with E-state index in [0.29, 0.717) is 11.3 Å². The number of rotatable bonds is 5. The predicted molar refractivity (Wildman–Crippen MR) is 79.9 cm³/mol. The lowest BCUT2D eigenvalue weighted by Crippen LogP contribution is -2.23. The van der Waals surface area contributed by atoms with Crippen LogP contribution in [-0.2, 0) is 9.59 Å². The lowest BCUT2D eigenvalue weighted by atomic mass is 9.94. The minimum Gasteiger partial charge on any atom is -0.369 e. The first kappa shape index (κ1) is 15.2. The number of carbonyl (C=O) groups is 3. The second kappa shape index (κ2) is 6.52. The molecule has 1 fully saturated rings. The molecule has 0 heterocycles. The lowest BCUT2D eigenvalue weighted by molar-refractivity contribution is -0.124. The molecule has 0 aromatic heterocycles. The highest BCUT2D eigenvalue weighted by Gasteiger charge is 2.26. The van der Waals surface area contributed by atoms with Gasteiger partial charge in [0, 0.05) is 11.5 Å². The molecule has 0 bridgehead atoms. The van der Waals surface area contributed by atoms with Gasteiger partial charge in [-0.05, 0) is 31.9 Å². The number of nitrogens with one attached hydrogen (secondary N) is 1. The van der Waals surface area contributed by atoms with Gasteiger partial charge < -0.3 is 11.1 Å². The molecule has 0 radical (unpaired) electrons. The fraction of sp³-hybridized carbons (Fsp3) is 0.438. The van der Waals surface area contributed by atoms with Gasteiger partial charge in [0.05, 0.1) is 5.69 Å². The third kappa shape index (κ3) is 3.90. The van der Waals surface area contributed by atoms with E-state index in [1.54, 1.807) is 12.1 Å². The van der Waals surface area contributed by atoms with Gasteiger partial charge in [-0.2, -0.15) is 0 Å². The van der Waals surface area contributed by atoms with Gasteiger partial charge >= 0.3 is 0 Å². The number of aryl methyl sites for hydroxylation is 1. The van der Waals surface area contributed by atoms with Crippen LogP contribution in [0.3, 0.4) is 0 Å². The van der Waals surface area contributed by atoms with Crippen LogP contribution in [0.2, 0.25) is 0 Å². The van der Waals surface area contributed by atoms with Gasteiger partial charge in [0.2, 0.25) is 11.8 Å². The zero-order valence-corrected chi connectivity index (χ0v) is 12.1. The van der Waals surface area contributed by atoms with Gasteiger partial charge in [0.25, 0.3) is 0 Å². The Morgan fingerprint density at radius 3 is 2.52 bits per heavy atom. The molecule has 1 saturated carbocycles. The topological polar surface area (TPSA) is 89.3 Å². The van der Waals surface area contributed by atoms with Crippen LogP contribution in [0.5, 0.6) is 0 Å². The van der Waals surface area contributed by atoms with Crippen molar-refractivity contribution in [2.75, 3.05) is 5.32 Å². The number of hydrogen-bond acceptors (Lipinski definition) is 3. The van der Waals surface area contributed by atoms with Crippen molar-refractivity contribution in [3.63, 3.8) is 0 Å². The fourth-order valence-electron chi connectivity index (χ4n) is 2.73. The first-order chi connectivity index (χ1) is 9.97. The van der Waals surface area contributed by atoms with Crippen molar-refractivity contribution in [3.05, 3.63) is 29.3 Å². The molecule has 1 aliphatic carbocycles. The highest BCUT2D eigenvalue weighted by atomic mass is 16.2. The summed E-state index contributed by atoms with van der Waals surface area (Å²) in [4.78, 5) is 35.0. The summed E-state index contributed by atoms with van der Waals surface area (Å²) in [7, 11) is 0. The smallest absolute Gasteiger partial charge is 0.233 e. The molecular weight excluding hydrogens is 268 g/mol. The number of hydrogen-bond donors (Lipinski definition) is 2. The van der Waals surface area contributed by atoms with E-state index in [1.165, 1.54) is 0 Å². The van der Waals surface area contributed by atoms with E-state index in [-0.39, 0.29) is 18.1 Å². The van der Waals surface area contributed by atoms with Gasteiger partial charge in [0.15, 0.2) is 5.78 Å². The summed E-state index contributed by atoms with van der Waals surface area (Å²) in [6.07, 6.45) is 3.57. The minimum absolute atomic E-state index is 0.0404. The Hall–Kier alpha value is -2.17. The van der Waals surface area contributed by atoms with Crippen LogP contribution in [0.1, 0.15) is 48.0 Å². The largest absolute Gasteiger partial charge is 0.369 e. The number of Topliss-reactive ketones (excluding diaryl/α,β-unsaturated/α-hetero) is 1. The van der Waals surface area contributed by atoms with Gasteiger partial charge in [-0.3, -0.25) is 14.4 Å². The van der Waals surface area contributed by atoms with E-state index in [1.807, 2.05) is 13.0 Å². The molecule has 5 nitrogen and oxygen atoms in total. The number of benzene rings is 1. The van der Waals surface area contributed by atoms with Crippen molar-refractivity contribution in [1.29, 1.82) is 0 Å². The van der Waals surface area contributed by atoms with E-state index in [4.69, 9.17) is 5.73 Å². The van der Waals surface area contributed by atoms with Crippen molar-refractivity contribution in [1.82, 2.24) is 0 Å². The molecular formula is C16H20N2O3. The molecule has 0 unspecified atom stereocenters. The van der Waals surface area contributed by atoms with Crippen LogP contribution in [0.15, 0.2) is 18.2 Å². The third-order valence-electron chi connectivity index (χ3n) is 3.78. The van der Waals surface area contributed by atoms with Crippen LogP contribution in [-0.4, -0.2) is 17.6 Å². The normalized spacial score (nSPS) is 14.9. The summed E-state index contributed by atoms with van der Waals surface area (Å²) in [5.74, 6) is -1.07. The quantitative estimate of drug-likeness (QED) is 0.643. The Bertz CT molecular complexity index is 575. The van der Waals surface area contributed by atoms with Gasteiger partial charge in [-0.25, -0.2) is 0 Å². The molecule has 2 amide bonds. The van der Waals surface area contributed by atoms with Crippen molar-refractivity contribution >= 4 is 23.3 Å². The number of anilines is 1. The Morgan fingerprint density at radius 1 is 1.24 bits per heavy atom. The summed E-state index contributed by atoms with van der Waals surface area (Å²) in [5, 5.41) is 2.61. The van der Waals surface area contributed by atoms with E-state index in [2.05, 4.69) is 5.32 Å². The molecule has 1 aliphatic rings. The Morgan fingerprint density at radius 2 is 1.90 bits per heavy atom. The van der Waals surface area contributed by atoms with Crippen LogP contribution in [0, 0.1) is 12.8 Å². The van der Waals surface area contributed by atoms with Crippen molar-refractivity contribution in [2.24, 2.45) is 11.7 Å². The monoisotopic (exact) mass is 288 g/mol. The fourth-order valence-corrected chi connectivity index (χ4v) is 2.73. The molecule has 2 rings (SSSR count). The first-order valence-electron chi connectivity index (χ1n) is 7.20. The molecule has 21 heavy (non-hydrogen) atoms. The zero-order valence-electron chi connectivity index (χ0n) is 12.1. The maximum absolute atomic E-state index is 12.6. The summed E-state index contributed by atoms with van der Waals surface area (Å²) in [6, 6.07) is 5.32. The predicted octanol–water partition coefficient (Wildman–Crippen LogP) is 2.18. The second-order valence-electron chi connectivity index (χ2n) is 5.59. The molecule has 0 aliphatic heterocycles. The Labute approximate surface area is 123 Å². The summed E-state index contributed by atoms with van der Waals surface area (Å²) in [5.41, 5.74) is 6.95. The number of amides is 2. The Kier molecular flexibility index (Phi) is 4.73. The van der Waals surface area contributed by atoms with Gasteiger partial charge in [0.1, 0.15) is 6.42 Å². The SMILES string of the molecule is Cc1ccc(NC(=O)CC(N)=O)c(C(=O)C2CCCC2)c1. The summed E-state index contributed by atoms with van der Waals surface area (Å²) >= 11 is 0. The number of nitrogens with two attached hydrogens (primary N) is 1. The van der Waals surface area contributed by atoms with E-state index < -0.39 is 11.8 Å². The first-order valence-corrected chi connectivity index (χ1v) is 7.20. The standard InChI is InChI=1S/C16H20N2O3/c1-10-6-7-13(18-15(20)9-14(17)19)12(8-10)16(21)11-4-2-3-5-11/h6-8,11H,2-5,9H2,1H3,(H2,17,19)(H,18,20). The molecule has 1 aromatic carbocycles. The number of primary amides is 1. The highest BCUT2D eigenvalue weighted by molar-refractivity contribution is 6.09. The van der Waals surface area contributed by atoms with Crippen LogP contribution in [0.25, 0.3) is 0 Å². The van der Waals surface area contributed by atoms with Crippen molar-refractivity contribution in [3.8, 4) is 0 Å². The van der Waals surface area contributed by atoms with Crippen molar-refractivity contribution in [2.45, 2.75) is 39.0 Å². The van der Waals surface area contributed by atoms with Crippen LogP contribution < -0.4 is 11.1 Å². The molecule has 1 aromatic rings. The lowest BCUT2D eigenvalue weighted by Gasteiger charge is -2.14. The van der Waals surface area contributed by atoms with Gasteiger partial charge in [-0.15, -0.1) is 0 Å². The zero-order chi connectivity index (χ0) is 15.4. The third-order valence-corrected chi connectivity index (χ3v) is 3.78. The Balaban J connectivity index is 2.22. The van der Waals surface area contributed by atoms with Crippen LogP contribution >= 0.6 is 0 Å². The molecule has 0 atom stereocenters. The van der Waals surface area contributed by atoms with Crippen molar-refractivity contribution < 1.29 is 14.4 Å². The van der Waals surface area contributed by atoms with E-state index >= 15 is 0 Å². The maximum atomic E-state index is 12.6. The molecule has 112 valence electrons. The molecule has 0 saturated heterocycles. The highest BCUT2D eigenvalue weighted by Crippen LogP contribution is 2.30.